The average molecular weight is 354 g/mol. The first-order valence-electron chi connectivity index (χ1n) is 8.68. The van der Waals surface area contributed by atoms with Crippen LogP contribution in [0, 0.1) is 12.7 Å². The van der Waals surface area contributed by atoms with Crippen molar-refractivity contribution in [1.82, 2.24) is 19.5 Å². The van der Waals surface area contributed by atoms with Crippen LogP contribution in [-0.4, -0.2) is 19.5 Å². The molecule has 0 saturated heterocycles. The van der Waals surface area contributed by atoms with Crippen molar-refractivity contribution in [1.29, 1.82) is 0 Å². The fraction of sp³-hybridized carbons (Fsp3) is 0.0455. The van der Waals surface area contributed by atoms with E-state index in [1.807, 2.05) is 65.2 Å². The van der Waals surface area contributed by atoms with Crippen molar-refractivity contribution in [2.24, 2.45) is 0 Å². The molecule has 0 aliphatic carbocycles. The number of hydrogen-bond acceptors (Lipinski definition) is 3. The zero-order valence-corrected chi connectivity index (χ0v) is 14.6. The van der Waals surface area contributed by atoms with Crippen LogP contribution in [0.2, 0.25) is 0 Å². The third-order valence-corrected chi connectivity index (χ3v) is 4.62. The SMILES string of the molecule is Cc1ccc(-n2c(-c3ccccc3)nc3nc4ccccc4nc32)cc1F. The first-order chi connectivity index (χ1) is 13.2. The van der Waals surface area contributed by atoms with Crippen LogP contribution in [0.25, 0.3) is 39.4 Å². The molecule has 27 heavy (non-hydrogen) atoms. The van der Waals surface area contributed by atoms with Crippen LogP contribution in [0.3, 0.4) is 0 Å². The second kappa shape index (κ2) is 5.99. The number of rotatable bonds is 2. The number of halogens is 1. The zero-order chi connectivity index (χ0) is 18.4. The van der Waals surface area contributed by atoms with Crippen molar-refractivity contribution in [2.45, 2.75) is 6.92 Å². The van der Waals surface area contributed by atoms with E-state index in [1.54, 1.807) is 13.0 Å². The van der Waals surface area contributed by atoms with Gasteiger partial charge in [-0.1, -0.05) is 48.5 Å². The molecule has 0 spiro atoms. The second-order valence-electron chi connectivity index (χ2n) is 6.43. The summed E-state index contributed by atoms with van der Waals surface area (Å²) < 4.78 is 16.2. The Bertz CT molecular complexity index is 1290. The van der Waals surface area contributed by atoms with Gasteiger partial charge in [0, 0.05) is 5.56 Å². The van der Waals surface area contributed by atoms with Crippen molar-refractivity contribution >= 4 is 22.3 Å². The molecular weight excluding hydrogens is 339 g/mol. The lowest BCUT2D eigenvalue weighted by molar-refractivity contribution is 0.617. The van der Waals surface area contributed by atoms with E-state index in [-0.39, 0.29) is 5.82 Å². The summed E-state index contributed by atoms with van der Waals surface area (Å²) in [5.74, 6) is 0.422. The molecule has 0 fully saturated rings. The van der Waals surface area contributed by atoms with Gasteiger partial charge in [0.15, 0.2) is 11.3 Å². The van der Waals surface area contributed by atoms with Crippen LogP contribution < -0.4 is 0 Å². The first kappa shape index (κ1) is 15.6. The number of imidazole rings is 1. The van der Waals surface area contributed by atoms with Gasteiger partial charge in [-0.25, -0.2) is 19.3 Å². The van der Waals surface area contributed by atoms with Gasteiger partial charge in [0.25, 0.3) is 0 Å². The Kier molecular flexibility index (Phi) is 3.47. The molecule has 0 aliphatic heterocycles. The summed E-state index contributed by atoms with van der Waals surface area (Å²) in [6.07, 6.45) is 0. The fourth-order valence-electron chi connectivity index (χ4n) is 3.20. The molecule has 0 unspecified atom stereocenters. The van der Waals surface area contributed by atoms with Gasteiger partial charge in [-0.2, -0.15) is 0 Å². The van der Waals surface area contributed by atoms with Gasteiger partial charge in [-0.05, 0) is 36.8 Å². The minimum atomic E-state index is -0.262. The van der Waals surface area contributed by atoms with Crippen LogP contribution in [-0.2, 0) is 0 Å². The van der Waals surface area contributed by atoms with E-state index in [9.17, 15) is 4.39 Å². The number of aryl methyl sites for hydroxylation is 1. The van der Waals surface area contributed by atoms with Gasteiger partial charge in [-0.3, -0.25) is 4.57 Å². The molecular formula is C22H15FN4. The Morgan fingerprint density at radius 1 is 0.778 bits per heavy atom. The van der Waals surface area contributed by atoms with Gasteiger partial charge in [0.05, 0.1) is 16.7 Å². The molecule has 0 atom stereocenters. The third-order valence-electron chi connectivity index (χ3n) is 4.62. The van der Waals surface area contributed by atoms with Gasteiger partial charge < -0.3 is 0 Å². The molecule has 130 valence electrons. The molecule has 5 heteroatoms. The van der Waals surface area contributed by atoms with Crippen LogP contribution in [0.15, 0.2) is 72.8 Å². The molecule has 0 N–H and O–H groups in total. The summed E-state index contributed by atoms with van der Waals surface area (Å²) >= 11 is 0. The Hall–Kier alpha value is -3.60. The quantitative estimate of drug-likeness (QED) is 0.444. The number of para-hydroxylation sites is 2. The molecule has 5 aromatic rings. The van der Waals surface area contributed by atoms with Crippen LogP contribution >= 0.6 is 0 Å². The molecule has 3 aromatic carbocycles. The standard InChI is InChI=1S/C22H15FN4/c1-14-11-12-16(13-17(14)23)27-21(15-7-3-2-4-8-15)26-20-22(27)25-19-10-6-5-9-18(19)24-20/h2-13H,1H3. The van der Waals surface area contributed by atoms with Crippen molar-refractivity contribution in [3.63, 3.8) is 0 Å². The average Bonchev–Trinajstić information content (AvgIpc) is 3.07. The van der Waals surface area contributed by atoms with Gasteiger partial charge >= 0.3 is 0 Å². The highest BCUT2D eigenvalue weighted by molar-refractivity contribution is 5.86. The van der Waals surface area contributed by atoms with Crippen molar-refractivity contribution in [2.75, 3.05) is 0 Å². The third kappa shape index (κ3) is 2.56. The van der Waals surface area contributed by atoms with E-state index in [1.165, 1.54) is 6.07 Å². The summed E-state index contributed by atoms with van der Waals surface area (Å²) in [6, 6.07) is 22.6. The van der Waals surface area contributed by atoms with Crippen LogP contribution in [0.1, 0.15) is 5.56 Å². The molecule has 0 bridgehead atoms. The normalized spacial score (nSPS) is 11.3. The number of nitrogens with zero attached hydrogens (tertiary/aromatic N) is 4. The molecule has 4 nitrogen and oxygen atoms in total. The molecule has 0 aliphatic rings. The van der Waals surface area contributed by atoms with E-state index >= 15 is 0 Å². The minimum Gasteiger partial charge on any atom is -0.275 e. The molecule has 2 aromatic heterocycles. The van der Waals surface area contributed by atoms with E-state index in [4.69, 9.17) is 9.97 Å². The maximum atomic E-state index is 14.3. The topological polar surface area (TPSA) is 43.6 Å². The Morgan fingerprint density at radius 2 is 1.48 bits per heavy atom. The highest BCUT2D eigenvalue weighted by Crippen LogP contribution is 2.28. The van der Waals surface area contributed by atoms with Crippen LogP contribution in [0.5, 0.6) is 0 Å². The van der Waals surface area contributed by atoms with Crippen molar-refractivity contribution < 1.29 is 4.39 Å². The predicted octanol–water partition coefficient (Wildman–Crippen LogP) is 5.08. The van der Waals surface area contributed by atoms with Gasteiger partial charge in [-0.15, -0.1) is 0 Å². The van der Waals surface area contributed by atoms with Gasteiger partial charge in [0.1, 0.15) is 11.6 Å². The van der Waals surface area contributed by atoms with Crippen molar-refractivity contribution in [3.8, 4) is 17.1 Å². The summed E-state index contributed by atoms with van der Waals surface area (Å²) in [4.78, 5) is 14.2. The molecule has 2 heterocycles. The molecule has 0 amide bonds. The zero-order valence-electron chi connectivity index (χ0n) is 14.6. The van der Waals surface area contributed by atoms with Crippen molar-refractivity contribution in [3.05, 3.63) is 84.2 Å². The smallest absolute Gasteiger partial charge is 0.199 e. The van der Waals surface area contributed by atoms with Crippen LogP contribution in [0.4, 0.5) is 4.39 Å². The van der Waals surface area contributed by atoms with E-state index in [0.29, 0.717) is 28.4 Å². The summed E-state index contributed by atoms with van der Waals surface area (Å²) in [6.45, 7) is 1.75. The maximum absolute atomic E-state index is 14.3. The largest absolute Gasteiger partial charge is 0.275 e. The Balaban J connectivity index is 1.89. The summed E-state index contributed by atoms with van der Waals surface area (Å²) in [7, 11) is 0. The van der Waals surface area contributed by atoms with E-state index in [2.05, 4.69) is 4.98 Å². The second-order valence-corrected chi connectivity index (χ2v) is 6.43. The predicted molar refractivity (Wildman–Crippen MR) is 104 cm³/mol. The maximum Gasteiger partial charge on any atom is 0.199 e. The minimum absolute atomic E-state index is 0.262. The highest BCUT2D eigenvalue weighted by atomic mass is 19.1. The van der Waals surface area contributed by atoms with Gasteiger partial charge in [0.2, 0.25) is 0 Å². The van der Waals surface area contributed by atoms with E-state index < -0.39 is 0 Å². The lowest BCUT2D eigenvalue weighted by Crippen LogP contribution is -2.00. The Labute approximate surface area is 155 Å². The Morgan fingerprint density at radius 3 is 2.22 bits per heavy atom. The van der Waals surface area contributed by atoms with E-state index in [0.717, 1.165) is 16.6 Å². The molecule has 0 radical (unpaired) electrons. The number of fused-ring (bicyclic) bond motifs is 2. The summed E-state index contributed by atoms with van der Waals surface area (Å²) in [5, 5.41) is 0. The first-order valence-corrected chi connectivity index (χ1v) is 8.68. The fourth-order valence-corrected chi connectivity index (χ4v) is 3.20. The monoisotopic (exact) mass is 354 g/mol. The number of hydrogen-bond donors (Lipinski definition) is 0. The summed E-state index contributed by atoms with van der Waals surface area (Å²) in [5.41, 5.74) is 4.89. The lowest BCUT2D eigenvalue weighted by Gasteiger charge is -2.10. The molecule has 0 saturated carbocycles. The highest BCUT2D eigenvalue weighted by Gasteiger charge is 2.18. The lowest BCUT2D eigenvalue weighted by atomic mass is 10.2. The molecule has 5 rings (SSSR count). The number of aromatic nitrogens is 4. The number of benzene rings is 3.